The maximum Gasteiger partial charge on any atom is 0.259 e. The third kappa shape index (κ3) is 2.85. The Morgan fingerprint density at radius 3 is 2.70 bits per heavy atom. The van der Waals surface area contributed by atoms with Crippen molar-refractivity contribution in [1.29, 1.82) is 0 Å². The zero-order chi connectivity index (χ0) is 13.9. The van der Waals surface area contributed by atoms with Gasteiger partial charge in [0.25, 0.3) is 5.91 Å². The maximum atomic E-state index is 12.2. The van der Waals surface area contributed by atoms with E-state index >= 15 is 0 Å². The van der Waals surface area contributed by atoms with Crippen molar-refractivity contribution >= 4 is 34.0 Å². The Hall–Kier alpha value is -2.21. The van der Waals surface area contributed by atoms with Crippen LogP contribution in [0.4, 0.5) is 10.8 Å². The highest BCUT2D eigenvalue weighted by molar-refractivity contribution is 7.13. The second kappa shape index (κ2) is 5.42. The second-order valence-corrected chi connectivity index (χ2v) is 5.50. The van der Waals surface area contributed by atoms with E-state index in [1.807, 2.05) is 0 Å². The molecule has 5 nitrogen and oxygen atoms in total. The van der Waals surface area contributed by atoms with Crippen molar-refractivity contribution in [2.45, 2.75) is 12.8 Å². The number of carbonyl (C=O) groups is 2. The molecule has 1 saturated carbocycles. The van der Waals surface area contributed by atoms with E-state index in [4.69, 9.17) is 0 Å². The Balaban J connectivity index is 1.77. The van der Waals surface area contributed by atoms with Gasteiger partial charge in [-0.1, -0.05) is 12.1 Å². The molecule has 3 rings (SSSR count). The summed E-state index contributed by atoms with van der Waals surface area (Å²) in [5.74, 6) is -0.184. The highest BCUT2D eigenvalue weighted by atomic mass is 32.1. The van der Waals surface area contributed by atoms with E-state index in [9.17, 15) is 9.59 Å². The third-order valence-corrected chi connectivity index (χ3v) is 3.72. The second-order valence-electron chi connectivity index (χ2n) is 4.60. The minimum atomic E-state index is -0.272. The van der Waals surface area contributed by atoms with Gasteiger partial charge in [-0.3, -0.25) is 14.9 Å². The van der Waals surface area contributed by atoms with E-state index in [0.29, 0.717) is 16.4 Å². The van der Waals surface area contributed by atoms with Gasteiger partial charge in [-0.25, -0.2) is 4.98 Å². The molecular formula is C14H13N3O2S. The van der Waals surface area contributed by atoms with E-state index in [0.717, 1.165) is 12.8 Å². The van der Waals surface area contributed by atoms with Gasteiger partial charge in [-0.05, 0) is 25.0 Å². The molecule has 2 amide bonds. The molecule has 0 spiro atoms. The number of aromatic nitrogens is 1. The lowest BCUT2D eigenvalue weighted by molar-refractivity contribution is -0.117. The number of thiazole rings is 1. The normalized spacial score (nSPS) is 13.8. The molecule has 6 heteroatoms. The largest absolute Gasteiger partial charge is 0.325 e. The van der Waals surface area contributed by atoms with Crippen LogP contribution in [0.2, 0.25) is 0 Å². The first-order valence-electron chi connectivity index (χ1n) is 6.35. The topological polar surface area (TPSA) is 71.1 Å². The number of carbonyl (C=O) groups excluding carboxylic acids is 2. The Kier molecular flexibility index (Phi) is 3.47. The minimum absolute atomic E-state index is 0.0144. The lowest BCUT2D eigenvalue weighted by Gasteiger charge is -2.10. The fraction of sp³-hybridized carbons (Fsp3) is 0.214. The van der Waals surface area contributed by atoms with Crippen molar-refractivity contribution in [1.82, 2.24) is 4.98 Å². The highest BCUT2D eigenvalue weighted by Crippen LogP contribution is 2.30. The number of anilines is 2. The predicted molar refractivity (Wildman–Crippen MR) is 77.9 cm³/mol. The average molecular weight is 287 g/mol. The summed E-state index contributed by atoms with van der Waals surface area (Å²) in [6, 6.07) is 6.98. The number of para-hydroxylation sites is 1. The summed E-state index contributed by atoms with van der Waals surface area (Å²) >= 11 is 1.35. The van der Waals surface area contributed by atoms with Gasteiger partial charge in [0.15, 0.2) is 5.13 Å². The van der Waals surface area contributed by atoms with Gasteiger partial charge < -0.3 is 5.32 Å². The lowest BCUT2D eigenvalue weighted by atomic mass is 10.1. The average Bonchev–Trinajstić information content (AvgIpc) is 3.19. The number of nitrogens with zero attached hydrogens (tertiary/aromatic N) is 1. The summed E-state index contributed by atoms with van der Waals surface area (Å²) in [5.41, 5.74) is 0.982. The van der Waals surface area contributed by atoms with Gasteiger partial charge in [-0.2, -0.15) is 0 Å². The van der Waals surface area contributed by atoms with Crippen molar-refractivity contribution in [2.75, 3.05) is 10.6 Å². The van der Waals surface area contributed by atoms with Crippen molar-refractivity contribution in [3.63, 3.8) is 0 Å². The van der Waals surface area contributed by atoms with Gasteiger partial charge in [0, 0.05) is 17.5 Å². The zero-order valence-electron chi connectivity index (χ0n) is 10.6. The Bertz CT molecular complexity index is 636. The van der Waals surface area contributed by atoms with Crippen LogP contribution in [0.5, 0.6) is 0 Å². The molecule has 1 heterocycles. The number of rotatable bonds is 4. The Labute approximate surface area is 120 Å². The van der Waals surface area contributed by atoms with E-state index < -0.39 is 0 Å². The summed E-state index contributed by atoms with van der Waals surface area (Å²) in [7, 11) is 0. The smallest absolute Gasteiger partial charge is 0.259 e. The van der Waals surface area contributed by atoms with E-state index in [1.54, 1.807) is 35.8 Å². The van der Waals surface area contributed by atoms with Gasteiger partial charge in [0.05, 0.1) is 11.3 Å². The zero-order valence-corrected chi connectivity index (χ0v) is 11.4. The molecule has 2 N–H and O–H groups in total. The van der Waals surface area contributed by atoms with Crippen LogP contribution >= 0.6 is 11.3 Å². The number of nitrogens with one attached hydrogen (secondary N) is 2. The monoisotopic (exact) mass is 287 g/mol. The minimum Gasteiger partial charge on any atom is -0.325 e. The molecule has 2 aromatic rings. The maximum absolute atomic E-state index is 12.2. The van der Waals surface area contributed by atoms with E-state index in [-0.39, 0.29) is 17.7 Å². The fourth-order valence-corrected chi connectivity index (χ4v) is 2.34. The van der Waals surface area contributed by atoms with Crippen molar-refractivity contribution in [3.05, 3.63) is 41.4 Å². The van der Waals surface area contributed by atoms with Gasteiger partial charge >= 0.3 is 0 Å². The fourth-order valence-electron chi connectivity index (χ4n) is 1.82. The number of benzene rings is 1. The van der Waals surface area contributed by atoms with E-state index in [2.05, 4.69) is 15.6 Å². The number of hydrogen-bond acceptors (Lipinski definition) is 4. The molecule has 1 aromatic carbocycles. The van der Waals surface area contributed by atoms with Crippen LogP contribution in [0.25, 0.3) is 0 Å². The van der Waals surface area contributed by atoms with Gasteiger partial charge in [-0.15, -0.1) is 11.3 Å². The molecular weight excluding hydrogens is 274 g/mol. The Morgan fingerprint density at radius 2 is 2.00 bits per heavy atom. The lowest BCUT2D eigenvalue weighted by Crippen LogP contribution is -2.19. The van der Waals surface area contributed by atoms with E-state index in [1.165, 1.54) is 11.3 Å². The quantitative estimate of drug-likeness (QED) is 0.908. The summed E-state index contributed by atoms with van der Waals surface area (Å²) in [5, 5.41) is 7.86. The van der Waals surface area contributed by atoms with Crippen molar-refractivity contribution < 1.29 is 9.59 Å². The summed E-state index contributed by atoms with van der Waals surface area (Å²) in [6.45, 7) is 0. The molecule has 0 aliphatic heterocycles. The summed E-state index contributed by atoms with van der Waals surface area (Å²) < 4.78 is 0. The first kappa shape index (κ1) is 12.8. The van der Waals surface area contributed by atoms with Crippen LogP contribution in [-0.2, 0) is 4.79 Å². The molecule has 0 saturated heterocycles. The first-order chi connectivity index (χ1) is 9.74. The van der Waals surface area contributed by atoms with Crippen LogP contribution < -0.4 is 10.6 Å². The van der Waals surface area contributed by atoms with Gasteiger partial charge in [0.2, 0.25) is 5.91 Å². The number of hydrogen-bond donors (Lipinski definition) is 2. The SMILES string of the molecule is O=C(Nc1nccs1)c1ccccc1NC(=O)C1CC1. The van der Waals surface area contributed by atoms with Crippen molar-refractivity contribution in [3.8, 4) is 0 Å². The molecule has 20 heavy (non-hydrogen) atoms. The third-order valence-electron chi connectivity index (χ3n) is 3.03. The summed E-state index contributed by atoms with van der Waals surface area (Å²) in [4.78, 5) is 28.0. The first-order valence-corrected chi connectivity index (χ1v) is 7.23. The number of amides is 2. The van der Waals surface area contributed by atoms with Crippen LogP contribution in [0.3, 0.4) is 0 Å². The molecule has 1 aromatic heterocycles. The van der Waals surface area contributed by atoms with Crippen LogP contribution in [-0.4, -0.2) is 16.8 Å². The molecule has 0 unspecified atom stereocenters. The van der Waals surface area contributed by atoms with Crippen molar-refractivity contribution in [2.24, 2.45) is 5.92 Å². The Morgan fingerprint density at radius 1 is 1.20 bits per heavy atom. The van der Waals surface area contributed by atoms with Gasteiger partial charge in [0.1, 0.15) is 0 Å². The molecule has 1 aliphatic rings. The van der Waals surface area contributed by atoms with Crippen LogP contribution in [0.15, 0.2) is 35.8 Å². The molecule has 102 valence electrons. The summed E-state index contributed by atoms with van der Waals surface area (Å²) in [6.07, 6.45) is 3.49. The molecule has 1 fully saturated rings. The molecule has 1 aliphatic carbocycles. The highest BCUT2D eigenvalue weighted by Gasteiger charge is 2.30. The standard InChI is InChI=1S/C14H13N3O2S/c18-12(9-5-6-9)16-11-4-2-1-3-10(11)13(19)17-14-15-7-8-20-14/h1-4,7-9H,5-6H2,(H,16,18)(H,15,17,19). The van der Waals surface area contributed by atoms with Crippen LogP contribution in [0, 0.1) is 5.92 Å². The molecule has 0 atom stereocenters. The predicted octanol–water partition coefficient (Wildman–Crippen LogP) is 2.74. The molecule has 0 radical (unpaired) electrons. The molecule has 0 bridgehead atoms. The van der Waals surface area contributed by atoms with Crippen LogP contribution in [0.1, 0.15) is 23.2 Å².